The van der Waals surface area contributed by atoms with Crippen LogP contribution < -0.4 is 5.73 Å². The number of amides is 1. The summed E-state index contributed by atoms with van der Waals surface area (Å²) in [7, 11) is 1.84. The molecule has 0 aliphatic carbocycles. The monoisotopic (exact) mass is 243 g/mol. The van der Waals surface area contributed by atoms with Crippen molar-refractivity contribution >= 4 is 5.91 Å². The third-order valence-electron chi connectivity index (χ3n) is 3.27. The molecule has 0 aromatic carbocycles. The number of nitrogens with two attached hydrogens (primary N) is 1. The van der Waals surface area contributed by atoms with Gasteiger partial charge in [0.1, 0.15) is 0 Å². The zero-order valence-electron chi connectivity index (χ0n) is 11.2. The molecule has 1 aliphatic rings. The molecule has 1 amide bonds. The van der Waals surface area contributed by atoms with Gasteiger partial charge in [-0.25, -0.2) is 0 Å². The summed E-state index contributed by atoms with van der Waals surface area (Å²) in [6, 6.07) is 0. The van der Waals surface area contributed by atoms with Crippen LogP contribution in [0.5, 0.6) is 0 Å². The Kier molecular flexibility index (Phi) is 5.36. The molecule has 5 heteroatoms. The lowest BCUT2D eigenvalue weighted by Gasteiger charge is -2.42. The summed E-state index contributed by atoms with van der Waals surface area (Å²) in [5.41, 5.74) is 5.39. The smallest absolute Gasteiger partial charge is 0.236 e. The van der Waals surface area contributed by atoms with Crippen LogP contribution in [0.3, 0.4) is 0 Å². The fourth-order valence-corrected chi connectivity index (χ4v) is 1.92. The van der Waals surface area contributed by atoms with Crippen LogP contribution in [0.25, 0.3) is 0 Å². The molecule has 1 saturated heterocycles. The van der Waals surface area contributed by atoms with E-state index in [0.717, 1.165) is 19.5 Å². The van der Waals surface area contributed by atoms with Crippen molar-refractivity contribution in [1.29, 1.82) is 0 Å². The quantitative estimate of drug-likeness (QED) is 0.733. The Balaban J connectivity index is 2.43. The van der Waals surface area contributed by atoms with Gasteiger partial charge in [0.25, 0.3) is 0 Å². The number of likely N-dealkylation sites (N-methyl/N-ethyl adjacent to an activating group) is 1. The van der Waals surface area contributed by atoms with E-state index >= 15 is 0 Å². The number of hydrogen-bond acceptors (Lipinski definition) is 4. The number of nitrogens with zero attached hydrogens (tertiary/aromatic N) is 2. The summed E-state index contributed by atoms with van der Waals surface area (Å²) in [6.07, 6.45) is 0.856. The van der Waals surface area contributed by atoms with Gasteiger partial charge in [-0.3, -0.25) is 9.69 Å². The van der Waals surface area contributed by atoms with E-state index in [2.05, 4.69) is 18.7 Å². The standard InChI is InChI=1S/C12H25N3O2/c1-12(2)10-17-8-7-15(12)9-11(16)14(3)6-4-5-13/h4-10,13H2,1-3H3. The predicted octanol–water partition coefficient (Wildman–Crippen LogP) is -0.0956. The zero-order chi connectivity index (χ0) is 12.9. The van der Waals surface area contributed by atoms with E-state index in [9.17, 15) is 4.79 Å². The van der Waals surface area contributed by atoms with Crippen molar-refractivity contribution in [3.8, 4) is 0 Å². The van der Waals surface area contributed by atoms with Crippen LogP contribution in [0.1, 0.15) is 20.3 Å². The second kappa shape index (κ2) is 6.33. The Hall–Kier alpha value is -0.650. The molecule has 5 nitrogen and oxygen atoms in total. The summed E-state index contributed by atoms with van der Waals surface area (Å²) < 4.78 is 5.44. The van der Waals surface area contributed by atoms with E-state index in [1.807, 2.05) is 7.05 Å². The van der Waals surface area contributed by atoms with Gasteiger partial charge in [0.2, 0.25) is 5.91 Å². The Bertz CT molecular complexity index is 256. The van der Waals surface area contributed by atoms with Gasteiger partial charge in [0.05, 0.1) is 19.8 Å². The number of hydrogen-bond donors (Lipinski definition) is 1. The number of carbonyl (C=O) groups is 1. The van der Waals surface area contributed by atoms with Gasteiger partial charge in [-0.2, -0.15) is 0 Å². The lowest BCUT2D eigenvalue weighted by Crippen LogP contribution is -2.55. The number of rotatable bonds is 5. The topological polar surface area (TPSA) is 58.8 Å². The lowest BCUT2D eigenvalue weighted by atomic mass is 10.0. The van der Waals surface area contributed by atoms with Gasteiger partial charge < -0.3 is 15.4 Å². The molecular weight excluding hydrogens is 218 g/mol. The summed E-state index contributed by atoms with van der Waals surface area (Å²) in [5, 5.41) is 0. The molecule has 0 saturated carbocycles. The molecule has 0 aromatic rings. The molecule has 2 N–H and O–H groups in total. The van der Waals surface area contributed by atoms with Gasteiger partial charge in [-0.05, 0) is 26.8 Å². The van der Waals surface area contributed by atoms with Crippen molar-refractivity contribution in [2.75, 3.05) is 46.4 Å². The second-order valence-corrected chi connectivity index (χ2v) is 5.24. The van der Waals surface area contributed by atoms with E-state index < -0.39 is 0 Å². The Labute approximate surface area is 104 Å². The summed E-state index contributed by atoms with van der Waals surface area (Å²) in [6.45, 7) is 8.27. The molecule has 0 bridgehead atoms. The summed E-state index contributed by atoms with van der Waals surface area (Å²) in [4.78, 5) is 16.0. The summed E-state index contributed by atoms with van der Waals surface area (Å²) in [5.74, 6) is 0.161. The molecule has 1 rings (SSSR count). The Morgan fingerprint density at radius 3 is 2.82 bits per heavy atom. The van der Waals surface area contributed by atoms with Crippen LogP contribution in [-0.2, 0) is 9.53 Å². The number of carbonyl (C=O) groups excluding carboxylic acids is 1. The van der Waals surface area contributed by atoms with Crippen LogP contribution in [0.15, 0.2) is 0 Å². The van der Waals surface area contributed by atoms with Crippen molar-refractivity contribution in [2.45, 2.75) is 25.8 Å². The third kappa shape index (κ3) is 4.26. The van der Waals surface area contributed by atoms with Gasteiger partial charge in [-0.1, -0.05) is 0 Å². The number of ether oxygens (including phenoxy) is 1. The Morgan fingerprint density at radius 1 is 1.53 bits per heavy atom. The molecule has 17 heavy (non-hydrogen) atoms. The maximum Gasteiger partial charge on any atom is 0.236 e. The zero-order valence-corrected chi connectivity index (χ0v) is 11.2. The van der Waals surface area contributed by atoms with E-state index in [4.69, 9.17) is 10.5 Å². The van der Waals surface area contributed by atoms with Crippen molar-refractivity contribution in [2.24, 2.45) is 5.73 Å². The summed E-state index contributed by atoms with van der Waals surface area (Å²) >= 11 is 0. The van der Waals surface area contributed by atoms with E-state index in [1.165, 1.54) is 0 Å². The second-order valence-electron chi connectivity index (χ2n) is 5.24. The van der Waals surface area contributed by atoms with Crippen LogP contribution in [0.2, 0.25) is 0 Å². The first-order valence-electron chi connectivity index (χ1n) is 6.24. The number of morpholine rings is 1. The van der Waals surface area contributed by atoms with Crippen LogP contribution >= 0.6 is 0 Å². The molecule has 1 heterocycles. The van der Waals surface area contributed by atoms with Crippen molar-refractivity contribution in [3.63, 3.8) is 0 Å². The highest BCUT2D eigenvalue weighted by Crippen LogP contribution is 2.18. The van der Waals surface area contributed by atoms with Gasteiger partial charge in [0.15, 0.2) is 0 Å². The fraction of sp³-hybridized carbons (Fsp3) is 0.917. The van der Waals surface area contributed by atoms with Gasteiger partial charge >= 0.3 is 0 Å². The minimum absolute atomic E-state index is 0.0530. The van der Waals surface area contributed by atoms with Gasteiger partial charge in [-0.15, -0.1) is 0 Å². The molecule has 0 atom stereocenters. The molecule has 100 valence electrons. The Morgan fingerprint density at radius 2 is 2.24 bits per heavy atom. The predicted molar refractivity (Wildman–Crippen MR) is 67.8 cm³/mol. The molecule has 1 fully saturated rings. The first-order chi connectivity index (χ1) is 7.97. The largest absolute Gasteiger partial charge is 0.378 e. The maximum atomic E-state index is 12.0. The fourth-order valence-electron chi connectivity index (χ4n) is 1.92. The first kappa shape index (κ1) is 14.4. The average Bonchev–Trinajstić information content (AvgIpc) is 2.28. The molecule has 0 radical (unpaired) electrons. The highest BCUT2D eigenvalue weighted by Gasteiger charge is 2.32. The van der Waals surface area contributed by atoms with Crippen LogP contribution in [0, 0.1) is 0 Å². The minimum atomic E-state index is -0.0530. The van der Waals surface area contributed by atoms with E-state index in [1.54, 1.807) is 4.90 Å². The normalized spacial score (nSPS) is 20.2. The molecule has 0 aromatic heterocycles. The SMILES string of the molecule is CN(CCCN)C(=O)CN1CCOCC1(C)C. The van der Waals surface area contributed by atoms with Crippen LogP contribution in [-0.4, -0.2) is 67.7 Å². The maximum absolute atomic E-state index is 12.0. The minimum Gasteiger partial charge on any atom is -0.378 e. The average molecular weight is 243 g/mol. The van der Waals surface area contributed by atoms with Crippen molar-refractivity contribution in [1.82, 2.24) is 9.80 Å². The molecule has 1 aliphatic heterocycles. The lowest BCUT2D eigenvalue weighted by molar-refractivity contribution is -0.136. The van der Waals surface area contributed by atoms with Gasteiger partial charge in [0, 0.05) is 25.7 Å². The molecule has 0 spiro atoms. The van der Waals surface area contributed by atoms with E-state index in [0.29, 0.717) is 26.3 Å². The first-order valence-corrected chi connectivity index (χ1v) is 6.24. The van der Waals surface area contributed by atoms with Crippen molar-refractivity contribution < 1.29 is 9.53 Å². The third-order valence-corrected chi connectivity index (χ3v) is 3.27. The van der Waals surface area contributed by atoms with E-state index in [-0.39, 0.29) is 11.4 Å². The highest BCUT2D eigenvalue weighted by molar-refractivity contribution is 5.78. The molecular formula is C12H25N3O2. The highest BCUT2D eigenvalue weighted by atomic mass is 16.5. The van der Waals surface area contributed by atoms with Crippen molar-refractivity contribution in [3.05, 3.63) is 0 Å². The molecule has 0 unspecified atom stereocenters. The van der Waals surface area contributed by atoms with Crippen LogP contribution in [0.4, 0.5) is 0 Å².